The zero-order valence-electron chi connectivity index (χ0n) is 20.5. The predicted octanol–water partition coefficient (Wildman–Crippen LogP) is 2.16. The van der Waals surface area contributed by atoms with Gasteiger partial charge in [0.1, 0.15) is 0 Å². The molecule has 9 heteroatoms. The van der Waals surface area contributed by atoms with E-state index in [0.717, 1.165) is 54.8 Å². The fraction of sp³-hybridized carbons (Fsp3) is 0.462. The number of hydrogen-bond acceptors (Lipinski definition) is 6. The Hall–Kier alpha value is -3.46. The van der Waals surface area contributed by atoms with E-state index in [1.165, 1.54) is 0 Å². The number of para-hydroxylation sites is 1. The van der Waals surface area contributed by atoms with Gasteiger partial charge in [-0.15, -0.1) is 10.2 Å². The molecule has 3 heterocycles. The van der Waals surface area contributed by atoms with Gasteiger partial charge in [-0.25, -0.2) is 0 Å². The van der Waals surface area contributed by atoms with Crippen LogP contribution in [0, 0.1) is 5.92 Å². The molecule has 1 aliphatic heterocycles. The minimum absolute atomic E-state index is 0.0157. The monoisotopic (exact) mass is 478 g/mol. The lowest BCUT2D eigenvalue weighted by Crippen LogP contribution is -2.45. The minimum Gasteiger partial charge on any atom is -0.395 e. The van der Waals surface area contributed by atoms with Crippen molar-refractivity contribution in [1.29, 1.82) is 0 Å². The van der Waals surface area contributed by atoms with Gasteiger partial charge in [-0.2, -0.15) is 0 Å². The summed E-state index contributed by atoms with van der Waals surface area (Å²) in [5.41, 5.74) is 1.83. The smallest absolute Gasteiger partial charge is 0.227 e. The highest BCUT2D eigenvalue weighted by atomic mass is 16.3. The van der Waals surface area contributed by atoms with Gasteiger partial charge in [-0.1, -0.05) is 18.2 Å². The molecule has 1 atom stereocenters. The molecule has 1 fully saturated rings. The lowest BCUT2D eigenvalue weighted by atomic mass is 9.96. The molecule has 35 heavy (non-hydrogen) atoms. The molecular formula is C26H34N6O3. The number of hydrogen-bond donors (Lipinski definition) is 2. The molecule has 2 N–H and O–H groups in total. The van der Waals surface area contributed by atoms with Gasteiger partial charge < -0.3 is 20.2 Å². The molecule has 0 radical (unpaired) electrons. The van der Waals surface area contributed by atoms with Gasteiger partial charge in [-0.05, 0) is 50.5 Å². The first-order chi connectivity index (χ1) is 17.0. The van der Waals surface area contributed by atoms with Crippen LogP contribution < -0.4 is 10.2 Å². The number of carbonyl (C=O) groups excluding carboxylic acids is 2. The Bertz CT molecular complexity index is 1160. The van der Waals surface area contributed by atoms with Gasteiger partial charge >= 0.3 is 0 Å². The highest BCUT2D eigenvalue weighted by Crippen LogP contribution is 2.26. The summed E-state index contributed by atoms with van der Waals surface area (Å²) in [7, 11) is 0. The summed E-state index contributed by atoms with van der Waals surface area (Å²) < 4.78 is 1.95. The van der Waals surface area contributed by atoms with Crippen molar-refractivity contribution in [1.82, 2.24) is 25.0 Å². The molecule has 1 aliphatic rings. The van der Waals surface area contributed by atoms with Crippen molar-refractivity contribution in [2.45, 2.75) is 33.1 Å². The van der Waals surface area contributed by atoms with E-state index in [9.17, 15) is 9.59 Å². The maximum absolute atomic E-state index is 12.9. The van der Waals surface area contributed by atoms with Crippen LogP contribution in [-0.2, 0) is 16.0 Å². The molecule has 3 aromatic rings. The number of carbonyl (C=O) groups is 2. The maximum atomic E-state index is 12.9. The van der Waals surface area contributed by atoms with E-state index in [2.05, 4.69) is 20.4 Å². The number of aromatic nitrogens is 3. The highest BCUT2D eigenvalue weighted by molar-refractivity contribution is 5.90. The van der Waals surface area contributed by atoms with E-state index in [4.69, 9.17) is 5.11 Å². The molecule has 0 aliphatic carbocycles. The van der Waals surface area contributed by atoms with Crippen molar-refractivity contribution in [2.75, 3.05) is 44.2 Å². The van der Waals surface area contributed by atoms with E-state index >= 15 is 0 Å². The topological polar surface area (TPSA) is 104 Å². The lowest BCUT2D eigenvalue weighted by molar-refractivity contribution is -0.135. The molecule has 1 unspecified atom stereocenters. The largest absolute Gasteiger partial charge is 0.395 e. The van der Waals surface area contributed by atoms with Crippen LogP contribution in [0.2, 0.25) is 0 Å². The normalized spacial score (nSPS) is 15.9. The number of benzene rings is 1. The molecule has 4 rings (SSSR count). The SMILES string of the molecule is CCN(CC)C(=O)C1CCCN(c2ccc(-n3cc(CC(=O)NCCO)c4ccccc43)nn2)C1. The second kappa shape index (κ2) is 11.3. The summed E-state index contributed by atoms with van der Waals surface area (Å²) in [5, 5.41) is 21.6. The maximum Gasteiger partial charge on any atom is 0.227 e. The van der Waals surface area contributed by atoms with E-state index in [0.29, 0.717) is 12.4 Å². The van der Waals surface area contributed by atoms with E-state index < -0.39 is 0 Å². The number of aliphatic hydroxyl groups is 1. The molecular weight excluding hydrogens is 444 g/mol. The number of nitrogens with zero attached hydrogens (tertiary/aromatic N) is 5. The number of anilines is 1. The molecule has 186 valence electrons. The predicted molar refractivity (Wildman–Crippen MR) is 136 cm³/mol. The van der Waals surface area contributed by atoms with Crippen molar-refractivity contribution < 1.29 is 14.7 Å². The average Bonchev–Trinajstić information content (AvgIpc) is 3.26. The van der Waals surface area contributed by atoms with Crippen LogP contribution in [0.5, 0.6) is 0 Å². The van der Waals surface area contributed by atoms with E-state index in [-0.39, 0.29) is 37.3 Å². The first-order valence-electron chi connectivity index (χ1n) is 12.4. The summed E-state index contributed by atoms with van der Waals surface area (Å²) in [6.45, 7) is 7.17. The Kier molecular flexibility index (Phi) is 7.97. The molecule has 2 aromatic heterocycles. The molecule has 1 saturated heterocycles. The van der Waals surface area contributed by atoms with Gasteiger partial charge in [0.2, 0.25) is 11.8 Å². The zero-order chi connectivity index (χ0) is 24.8. The number of amides is 2. The van der Waals surface area contributed by atoms with E-state index in [1.54, 1.807) is 0 Å². The van der Waals surface area contributed by atoms with Crippen molar-refractivity contribution in [3.63, 3.8) is 0 Å². The number of nitrogens with one attached hydrogen (secondary N) is 1. The number of piperidine rings is 1. The third-order valence-corrected chi connectivity index (χ3v) is 6.63. The van der Waals surface area contributed by atoms with Crippen LogP contribution in [0.4, 0.5) is 5.82 Å². The Labute approximate surface area is 205 Å². The summed E-state index contributed by atoms with van der Waals surface area (Å²) in [4.78, 5) is 29.2. The highest BCUT2D eigenvalue weighted by Gasteiger charge is 2.29. The summed E-state index contributed by atoms with van der Waals surface area (Å²) in [5.74, 6) is 1.50. The average molecular weight is 479 g/mol. The lowest BCUT2D eigenvalue weighted by Gasteiger charge is -2.34. The second-order valence-corrected chi connectivity index (χ2v) is 8.84. The van der Waals surface area contributed by atoms with Crippen LogP contribution in [-0.4, -0.2) is 75.9 Å². The standard InChI is InChI=1S/C26H34N6O3/c1-3-30(4-2)26(35)19-8-7-14-31(17-19)23-11-12-24(29-28-23)32-18-20(16-25(34)27-13-15-33)21-9-5-6-10-22(21)32/h5-6,9-12,18-19,33H,3-4,7-8,13-17H2,1-2H3,(H,27,34). The van der Waals surface area contributed by atoms with Gasteiger partial charge in [0.25, 0.3) is 0 Å². The van der Waals surface area contributed by atoms with Crippen LogP contribution in [0.25, 0.3) is 16.7 Å². The van der Waals surface area contributed by atoms with Crippen LogP contribution in [0.15, 0.2) is 42.6 Å². The van der Waals surface area contributed by atoms with Crippen molar-refractivity contribution in [2.24, 2.45) is 5.92 Å². The van der Waals surface area contributed by atoms with Gasteiger partial charge in [0.05, 0.1) is 24.5 Å². The van der Waals surface area contributed by atoms with Gasteiger partial charge in [-0.3, -0.25) is 14.2 Å². The van der Waals surface area contributed by atoms with E-state index in [1.807, 2.05) is 65.9 Å². The van der Waals surface area contributed by atoms with Crippen molar-refractivity contribution in [3.8, 4) is 5.82 Å². The van der Waals surface area contributed by atoms with Gasteiger partial charge in [0.15, 0.2) is 11.6 Å². The number of aliphatic hydroxyl groups excluding tert-OH is 1. The minimum atomic E-state index is -0.137. The molecule has 2 amide bonds. The van der Waals surface area contributed by atoms with Gasteiger partial charge in [0, 0.05) is 44.3 Å². The Morgan fingerprint density at radius 3 is 2.57 bits per heavy atom. The molecule has 0 saturated carbocycles. The molecule has 0 bridgehead atoms. The van der Waals surface area contributed by atoms with Crippen LogP contribution in [0.3, 0.4) is 0 Å². The third-order valence-electron chi connectivity index (χ3n) is 6.63. The molecule has 1 aromatic carbocycles. The Balaban J connectivity index is 1.53. The molecule has 9 nitrogen and oxygen atoms in total. The Morgan fingerprint density at radius 1 is 1.11 bits per heavy atom. The third kappa shape index (κ3) is 5.45. The summed E-state index contributed by atoms with van der Waals surface area (Å²) >= 11 is 0. The number of rotatable bonds is 9. The Morgan fingerprint density at radius 2 is 1.86 bits per heavy atom. The quantitative estimate of drug-likeness (QED) is 0.489. The zero-order valence-corrected chi connectivity index (χ0v) is 20.5. The summed E-state index contributed by atoms with van der Waals surface area (Å²) in [6.07, 6.45) is 3.99. The fourth-order valence-electron chi connectivity index (χ4n) is 4.81. The molecule has 0 spiro atoms. The first kappa shape index (κ1) is 24.7. The number of fused-ring (bicyclic) bond motifs is 1. The summed E-state index contributed by atoms with van der Waals surface area (Å²) in [6, 6.07) is 11.8. The first-order valence-corrected chi connectivity index (χ1v) is 12.4. The van der Waals surface area contributed by atoms with Crippen LogP contribution in [0.1, 0.15) is 32.3 Å². The van der Waals surface area contributed by atoms with Crippen LogP contribution >= 0.6 is 0 Å². The van der Waals surface area contributed by atoms with Crippen molar-refractivity contribution in [3.05, 3.63) is 48.2 Å². The second-order valence-electron chi connectivity index (χ2n) is 8.84. The van der Waals surface area contributed by atoms with Crippen molar-refractivity contribution >= 4 is 28.5 Å². The fourth-order valence-corrected chi connectivity index (χ4v) is 4.81.